The first-order valence-electron chi connectivity index (χ1n) is 7.65. The van der Waals surface area contributed by atoms with Gasteiger partial charge in [-0.1, -0.05) is 30.3 Å². The van der Waals surface area contributed by atoms with Crippen LogP contribution in [-0.2, 0) is 19.6 Å². The lowest BCUT2D eigenvalue weighted by molar-refractivity contribution is 0.271. The molecule has 0 aliphatic rings. The maximum Gasteiger partial charge on any atom is 0.226 e. The summed E-state index contributed by atoms with van der Waals surface area (Å²) in [7, 11) is 1.92. The molecule has 0 unspecified atom stereocenters. The minimum Gasteiger partial charge on any atom is -0.502 e. The molecule has 1 N–H and O–H groups in total. The average molecular weight is 325 g/mol. The van der Waals surface area contributed by atoms with Crippen molar-refractivity contribution in [3.05, 3.63) is 82.4 Å². The Morgan fingerprint density at radius 3 is 2.79 bits per heavy atom. The molecule has 3 rings (SSSR count). The molecule has 6 nitrogen and oxygen atoms in total. The molecule has 0 saturated carbocycles. The van der Waals surface area contributed by atoms with Gasteiger partial charge >= 0.3 is 0 Å². The van der Waals surface area contributed by atoms with Crippen molar-refractivity contribution in [2.45, 2.75) is 19.6 Å². The SMILES string of the molecule is CN(Cc1cc(=O)c(O)co1)Cc1nccn1Cc1ccccc1. The second-order valence-corrected chi connectivity index (χ2v) is 5.73. The summed E-state index contributed by atoms with van der Waals surface area (Å²) >= 11 is 0. The highest BCUT2D eigenvalue weighted by Crippen LogP contribution is 2.10. The van der Waals surface area contributed by atoms with E-state index in [0.717, 1.165) is 18.6 Å². The number of nitrogens with zero attached hydrogens (tertiary/aromatic N) is 3. The van der Waals surface area contributed by atoms with Crippen LogP contribution >= 0.6 is 0 Å². The lowest BCUT2D eigenvalue weighted by Crippen LogP contribution is -2.21. The number of imidazole rings is 1. The minimum atomic E-state index is -0.435. The molecule has 124 valence electrons. The summed E-state index contributed by atoms with van der Waals surface area (Å²) in [5, 5.41) is 9.23. The van der Waals surface area contributed by atoms with E-state index in [1.807, 2.05) is 36.3 Å². The van der Waals surface area contributed by atoms with Gasteiger partial charge in [0, 0.05) is 25.0 Å². The monoisotopic (exact) mass is 325 g/mol. The molecule has 0 aliphatic heterocycles. The van der Waals surface area contributed by atoms with Gasteiger partial charge in [-0.15, -0.1) is 0 Å². The molecule has 0 fully saturated rings. The van der Waals surface area contributed by atoms with Crippen molar-refractivity contribution in [3.63, 3.8) is 0 Å². The van der Waals surface area contributed by atoms with E-state index in [4.69, 9.17) is 4.42 Å². The Balaban J connectivity index is 1.66. The summed E-state index contributed by atoms with van der Waals surface area (Å²) < 4.78 is 7.33. The van der Waals surface area contributed by atoms with Crippen molar-refractivity contribution in [1.82, 2.24) is 14.5 Å². The number of rotatable bonds is 6. The van der Waals surface area contributed by atoms with Crippen LogP contribution in [-0.4, -0.2) is 26.6 Å². The Hall–Kier alpha value is -2.86. The van der Waals surface area contributed by atoms with Gasteiger partial charge in [-0.05, 0) is 12.6 Å². The lowest BCUT2D eigenvalue weighted by atomic mass is 10.2. The average Bonchev–Trinajstić information content (AvgIpc) is 2.99. The fraction of sp³-hybridized carbons (Fsp3) is 0.222. The van der Waals surface area contributed by atoms with Crippen molar-refractivity contribution in [2.24, 2.45) is 0 Å². The fourth-order valence-electron chi connectivity index (χ4n) is 2.51. The van der Waals surface area contributed by atoms with Crippen LogP contribution < -0.4 is 5.43 Å². The molecule has 0 amide bonds. The zero-order valence-electron chi connectivity index (χ0n) is 13.4. The van der Waals surface area contributed by atoms with Gasteiger partial charge in [-0.2, -0.15) is 0 Å². The van der Waals surface area contributed by atoms with E-state index in [1.54, 1.807) is 6.20 Å². The fourth-order valence-corrected chi connectivity index (χ4v) is 2.51. The second-order valence-electron chi connectivity index (χ2n) is 5.73. The predicted molar refractivity (Wildman–Crippen MR) is 89.6 cm³/mol. The molecule has 1 aromatic carbocycles. The predicted octanol–water partition coefficient (Wildman–Crippen LogP) is 2.22. The maximum absolute atomic E-state index is 11.5. The number of hydrogen-bond donors (Lipinski definition) is 1. The summed E-state index contributed by atoms with van der Waals surface area (Å²) in [4.78, 5) is 17.9. The quantitative estimate of drug-likeness (QED) is 0.752. The highest BCUT2D eigenvalue weighted by Gasteiger charge is 2.10. The standard InChI is InChI=1S/C18H19N3O3/c1-20(11-15-9-16(22)17(23)13-24-15)12-18-19-7-8-21(18)10-14-5-3-2-4-6-14/h2-9,13,23H,10-12H2,1H3. The van der Waals surface area contributed by atoms with Gasteiger partial charge < -0.3 is 14.1 Å². The van der Waals surface area contributed by atoms with Gasteiger partial charge in [0.2, 0.25) is 5.43 Å². The highest BCUT2D eigenvalue weighted by molar-refractivity contribution is 5.16. The van der Waals surface area contributed by atoms with Gasteiger partial charge in [-0.3, -0.25) is 9.69 Å². The lowest BCUT2D eigenvalue weighted by Gasteiger charge is -2.16. The summed E-state index contributed by atoms with van der Waals surface area (Å²) in [6.07, 6.45) is 4.81. The van der Waals surface area contributed by atoms with Crippen molar-refractivity contribution in [2.75, 3.05) is 7.05 Å². The Morgan fingerprint density at radius 1 is 1.25 bits per heavy atom. The summed E-state index contributed by atoms with van der Waals surface area (Å²) in [6, 6.07) is 11.5. The van der Waals surface area contributed by atoms with Crippen LogP contribution in [0.15, 0.2) is 64.3 Å². The third-order valence-corrected chi connectivity index (χ3v) is 3.70. The van der Waals surface area contributed by atoms with E-state index in [1.165, 1.54) is 11.6 Å². The third-order valence-electron chi connectivity index (χ3n) is 3.70. The molecule has 3 aromatic rings. The second kappa shape index (κ2) is 7.14. The van der Waals surface area contributed by atoms with Gasteiger partial charge in [0.25, 0.3) is 0 Å². The van der Waals surface area contributed by atoms with E-state index in [2.05, 4.69) is 21.7 Å². The van der Waals surface area contributed by atoms with Crippen molar-refractivity contribution in [1.29, 1.82) is 0 Å². The zero-order valence-corrected chi connectivity index (χ0v) is 13.4. The van der Waals surface area contributed by atoms with E-state index < -0.39 is 5.43 Å². The van der Waals surface area contributed by atoms with Gasteiger partial charge in [0.05, 0.1) is 13.1 Å². The first kappa shape index (κ1) is 16.0. The smallest absolute Gasteiger partial charge is 0.226 e. The first-order valence-corrected chi connectivity index (χ1v) is 7.65. The first-order chi connectivity index (χ1) is 11.6. The van der Waals surface area contributed by atoms with Crippen LogP contribution in [0.5, 0.6) is 5.75 Å². The molecule has 0 spiro atoms. The van der Waals surface area contributed by atoms with Crippen molar-refractivity contribution >= 4 is 0 Å². The Bertz CT molecular complexity index is 855. The Morgan fingerprint density at radius 2 is 2.04 bits per heavy atom. The molecule has 0 saturated heterocycles. The highest BCUT2D eigenvalue weighted by atomic mass is 16.4. The van der Waals surface area contributed by atoms with E-state index in [0.29, 0.717) is 18.8 Å². The van der Waals surface area contributed by atoms with Crippen LogP contribution in [0.3, 0.4) is 0 Å². The zero-order chi connectivity index (χ0) is 16.9. The van der Waals surface area contributed by atoms with Crippen LogP contribution in [0.1, 0.15) is 17.1 Å². The summed E-state index contributed by atoms with van der Waals surface area (Å²) in [5.74, 6) is 1.06. The van der Waals surface area contributed by atoms with E-state index in [-0.39, 0.29) is 5.75 Å². The number of benzene rings is 1. The third kappa shape index (κ3) is 3.91. The normalized spacial score (nSPS) is 11.1. The molecule has 0 atom stereocenters. The molecular weight excluding hydrogens is 306 g/mol. The van der Waals surface area contributed by atoms with Crippen LogP contribution in [0.4, 0.5) is 0 Å². The summed E-state index contributed by atoms with van der Waals surface area (Å²) in [5.41, 5.74) is 0.777. The molecular formula is C18H19N3O3. The molecule has 0 aliphatic carbocycles. The largest absolute Gasteiger partial charge is 0.502 e. The molecule has 0 radical (unpaired) electrons. The van der Waals surface area contributed by atoms with E-state index in [9.17, 15) is 9.90 Å². The van der Waals surface area contributed by atoms with E-state index >= 15 is 0 Å². The Kier molecular flexibility index (Phi) is 4.77. The molecule has 24 heavy (non-hydrogen) atoms. The number of hydrogen-bond acceptors (Lipinski definition) is 5. The van der Waals surface area contributed by atoms with Gasteiger partial charge in [0.15, 0.2) is 5.75 Å². The Labute approximate surface area is 139 Å². The number of aromatic nitrogens is 2. The van der Waals surface area contributed by atoms with Crippen LogP contribution in [0.2, 0.25) is 0 Å². The van der Waals surface area contributed by atoms with Crippen LogP contribution in [0.25, 0.3) is 0 Å². The molecule has 2 heterocycles. The topological polar surface area (TPSA) is 71.5 Å². The van der Waals surface area contributed by atoms with Crippen molar-refractivity contribution < 1.29 is 9.52 Å². The minimum absolute atomic E-state index is 0.375. The number of aromatic hydroxyl groups is 1. The summed E-state index contributed by atoms with van der Waals surface area (Å²) in [6.45, 7) is 1.83. The van der Waals surface area contributed by atoms with Gasteiger partial charge in [-0.25, -0.2) is 4.98 Å². The van der Waals surface area contributed by atoms with Crippen molar-refractivity contribution in [3.8, 4) is 5.75 Å². The molecule has 0 bridgehead atoms. The molecule has 2 aromatic heterocycles. The molecule has 6 heteroatoms. The van der Waals surface area contributed by atoms with Crippen LogP contribution in [0, 0.1) is 0 Å². The van der Waals surface area contributed by atoms with Gasteiger partial charge in [0.1, 0.15) is 17.8 Å². The maximum atomic E-state index is 11.5.